The Hall–Kier alpha value is -0.900. The van der Waals surface area contributed by atoms with Crippen LogP contribution >= 0.6 is 0 Å². The van der Waals surface area contributed by atoms with E-state index in [1.807, 2.05) is 20.8 Å². The van der Waals surface area contributed by atoms with Gasteiger partial charge in [-0.3, -0.25) is 9.59 Å². The van der Waals surface area contributed by atoms with Gasteiger partial charge in [-0.1, -0.05) is 33.6 Å². The Morgan fingerprint density at radius 1 is 1.00 bits per heavy atom. The quantitative estimate of drug-likeness (QED) is 0.849. The van der Waals surface area contributed by atoms with E-state index in [9.17, 15) is 9.59 Å². The summed E-state index contributed by atoms with van der Waals surface area (Å²) in [6.45, 7) is 9.86. The van der Waals surface area contributed by atoms with Crippen molar-refractivity contribution in [3.63, 3.8) is 0 Å². The maximum absolute atomic E-state index is 12.6. The molecular formula is C18H32N2O2. The highest BCUT2D eigenvalue weighted by molar-refractivity contribution is 5.91. The third-order valence-corrected chi connectivity index (χ3v) is 5.10. The van der Waals surface area contributed by atoms with E-state index in [2.05, 4.69) is 10.2 Å². The van der Waals surface area contributed by atoms with E-state index in [0.29, 0.717) is 6.54 Å². The molecule has 0 aromatic rings. The molecular weight excluding hydrogens is 276 g/mol. The maximum Gasteiger partial charge on any atom is 0.223 e. The molecule has 22 heavy (non-hydrogen) atoms. The summed E-state index contributed by atoms with van der Waals surface area (Å²) in [4.78, 5) is 27.6. The Labute approximate surface area is 135 Å². The summed E-state index contributed by atoms with van der Waals surface area (Å²) in [6, 6.07) is 0. The van der Waals surface area contributed by atoms with E-state index in [1.54, 1.807) is 0 Å². The lowest BCUT2D eigenvalue weighted by molar-refractivity contribution is -0.139. The highest BCUT2D eigenvalue weighted by atomic mass is 16.2. The van der Waals surface area contributed by atoms with Gasteiger partial charge >= 0.3 is 0 Å². The molecule has 1 saturated heterocycles. The van der Waals surface area contributed by atoms with E-state index in [0.717, 1.165) is 45.3 Å². The highest BCUT2D eigenvalue weighted by Gasteiger charge is 2.39. The number of ketones is 1. The normalized spacial score (nSPS) is 26.9. The smallest absolute Gasteiger partial charge is 0.223 e. The lowest BCUT2D eigenvalue weighted by Crippen LogP contribution is -2.44. The molecule has 2 fully saturated rings. The zero-order valence-electron chi connectivity index (χ0n) is 14.5. The molecule has 1 aliphatic heterocycles. The summed E-state index contributed by atoms with van der Waals surface area (Å²) in [5.74, 6) is 0.160. The minimum Gasteiger partial charge on any atom is -0.355 e. The van der Waals surface area contributed by atoms with Crippen LogP contribution in [0.3, 0.4) is 0 Å². The predicted molar refractivity (Wildman–Crippen MR) is 88.6 cm³/mol. The number of amides is 1. The molecule has 4 nitrogen and oxygen atoms in total. The molecule has 0 radical (unpaired) electrons. The first-order valence-corrected chi connectivity index (χ1v) is 8.94. The first-order valence-electron chi connectivity index (χ1n) is 8.94. The number of hydrogen-bond donors (Lipinski definition) is 1. The largest absolute Gasteiger partial charge is 0.355 e. The Morgan fingerprint density at radius 3 is 2.18 bits per heavy atom. The van der Waals surface area contributed by atoms with Crippen LogP contribution in [0.5, 0.6) is 0 Å². The van der Waals surface area contributed by atoms with Crippen LogP contribution in [-0.4, -0.2) is 42.8 Å². The summed E-state index contributed by atoms with van der Waals surface area (Å²) in [7, 11) is 0. The van der Waals surface area contributed by atoms with Crippen molar-refractivity contribution in [2.75, 3.05) is 26.2 Å². The summed E-state index contributed by atoms with van der Waals surface area (Å²) in [6.07, 6.45) is 6.43. The van der Waals surface area contributed by atoms with Crippen LogP contribution in [0.25, 0.3) is 0 Å². The van der Waals surface area contributed by atoms with Crippen molar-refractivity contribution in [1.29, 1.82) is 0 Å². The predicted octanol–water partition coefficient (Wildman–Crippen LogP) is 2.62. The summed E-state index contributed by atoms with van der Waals surface area (Å²) >= 11 is 0. The van der Waals surface area contributed by atoms with Crippen molar-refractivity contribution in [2.45, 2.75) is 59.3 Å². The Bertz CT molecular complexity index is 394. The van der Waals surface area contributed by atoms with Gasteiger partial charge in [-0.05, 0) is 38.8 Å². The number of likely N-dealkylation sites (tertiary alicyclic amines) is 1. The van der Waals surface area contributed by atoms with Crippen LogP contribution < -0.4 is 5.32 Å². The van der Waals surface area contributed by atoms with Crippen LogP contribution in [0.4, 0.5) is 0 Å². The van der Waals surface area contributed by atoms with Crippen molar-refractivity contribution in [2.24, 2.45) is 17.3 Å². The summed E-state index contributed by atoms with van der Waals surface area (Å²) in [5.41, 5.74) is -0.351. The van der Waals surface area contributed by atoms with Gasteiger partial charge in [0.05, 0.1) is 0 Å². The molecule has 1 aliphatic carbocycles. The molecule has 4 heteroatoms. The number of rotatable bonds is 5. The fourth-order valence-corrected chi connectivity index (χ4v) is 3.79. The molecule has 2 atom stereocenters. The second kappa shape index (κ2) is 7.58. The van der Waals surface area contributed by atoms with Crippen molar-refractivity contribution in [3.8, 4) is 0 Å². The van der Waals surface area contributed by atoms with E-state index >= 15 is 0 Å². The van der Waals surface area contributed by atoms with Crippen molar-refractivity contribution < 1.29 is 9.59 Å². The molecule has 126 valence electrons. The van der Waals surface area contributed by atoms with Gasteiger partial charge in [-0.15, -0.1) is 0 Å². The van der Waals surface area contributed by atoms with Gasteiger partial charge in [-0.25, -0.2) is 0 Å². The minimum atomic E-state index is -0.351. The third-order valence-electron chi connectivity index (χ3n) is 5.10. The second-order valence-corrected chi connectivity index (χ2v) is 7.95. The van der Waals surface area contributed by atoms with Gasteiger partial charge in [0.25, 0.3) is 0 Å². The summed E-state index contributed by atoms with van der Waals surface area (Å²) < 4.78 is 0. The lowest BCUT2D eigenvalue weighted by atomic mass is 9.70. The number of nitrogens with one attached hydrogen (secondary N) is 1. The van der Waals surface area contributed by atoms with Gasteiger partial charge in [0.1, 0.15) is 5.78 Å². The van der Waals surface area contributed by atoms with E-state index in [1.165, 1.54) is 12.8 Å². The fraction of sp³-hybridized carbons (Fsp3) is 0.889. The average Bonchev–Trinajstić information content (AvgIpc) is 2.98. The minimum absolute atomic E-state index is 0.0828. The third kappa shape index (κ3) is 4.55. The van der Waals surface area contributed by atoms with Gasteiger partial charge in [0.2, 0.25) is 5.91 Å². The first kappa shape index (κ1) is 17.5. The topological polar surface area (TPSA) is 49.4 Å². The van der Waals surface area contributed by atoms with E-state index in [-0.39, 0.29) is 28.9 Å². The van der Waals surface area contributed by atoms with Crippen molar-refractivity contribution >= 4 is 11.7 Å². The van der Waals surface area contributed by atoms with Gasteiger partial charge in [0, 0.05) is 30.3 Å². The second-order valence-electron chi connectivity index (χ2n) is 7.95. The molecule has 1 N–H and O–H groups in total. The summed E-state index contributed by atoms with van der Waals surface area (Å²) in [5, 5.41) is 3.08. The van der Waals surface area contributed by atoms with Crippen molar-refractivity contribution in [1.82, 2.24) is 10.2 Å². The van der Waals surface area contributed by atoms with Crippen LogP contribution in [0.2, 0.25) is 0 Å². The van der Waals surface area contributed by atoms with Crippen molar-refractivity contribution in [3.05, 3.63) is 0 Å². The fourth-order valence-electron chi connectivity index (χ4n) is 3.79. The SMILES string of the molecule is CC(C)(C)C(=O)[C@@H]1CCCCC1C(=O)NCCN1CCCC1. The lowest BCUT2D eigenvalue weighted by Gasteiger charge is -2.33. The molecule has 2 aliphatic rings. The number of Topliss-reactive ketones (excluding diaryl/α,β-unsaturated/α-hetero) is 1. The zero-order valence-corrected chi connectivity index (χ0v) is 14.5. The zero-order chi connectivity index (χ0) is 16.2. The molecule has 0 spiro atoms. The molecule has 1 saturated carbocycles. The molecule has 0 aromatic heterocycles. The number of nitrogens with zero attached hydrogens (tertiary/aromatic N) is 1. The number of hydrogen-bond acceptors (Lipinski definition) is 3. The van der Waals surface area contributed by atoms with Crippen LogP contribution in [0, 0.1) is 17.3 Å². The molecule has 2 rings (SSSR count). The number of carbonyl (C=O) groups excluding carboxylic acids is 2. The maximum atomic E-state index is 12.6. The van der Waals surface area contributed by atoms with Crippen LogP contribution in [0.1, 0.15) is 59.3 Å². The number of carbonyl (C=O) groups is 2. The Kier molecular flexibility index (Phi) is 6.01. The molecule has 1 heterocycles. The average molecular weight is 308 g/mol. The highest BCUT2D eigenvalue weighted by Crippen LogP contribution is 2.35. The first-order chi connectivity index (χ1) is 10.4. The van der Waals surface area contributed by atoms with Gasteiger partial charge in [-0.2, -0.15) is 0 Å². The van der Waals surface area contributed by atoms with Gasteiger partial charge < -0.3 is 10.2 Å². The molecule has 0 bridgehead atoms. The van der Waals surface area contributed by atoms with Crippen LogP contribution in [0.15, 0.2) is 0 Å². The molecule has 1 amide bonds. The Morgan fingerprint density at radius 2 is 1.59 bits per heavy atom. The van der Waals surface area contributed by atoms with E-state index in [4.69, 9.17) is 0 Å². The Balaban J connectivity index is 1.86. The van der Waals surface area contributed by atoms with Crippen LogP contribution in [-0.2, 0) is 9.59 Å². The van der Waals surface area contributed by atoms with Gasteiger partial charge in [0.15, 0.2) is 0 Å². The monoisotopic (exact) mass is 308 g/mol. The molecule has 0 aromatic carbocycles. The van der Waals surface area contributed by atoms with E-state index < -0.39 is 0 Å². The standard InChI is InChI=1S/C18H32N2O2/c1-18(2,3)16(21)14-8-4-5-9-15(14)17(22)19-10-13-20-11-6-7-12-20/h14-15H,4-13H2,1-3H3,(H,19,22)/t14-,15?/m1/s1. The molecule has 1 unspecified atom stereocenters.